The molecule has 2 atom stereocenters. The number of carbonyl (C=O) groups excluding carboxylic acids is 1. The van der Waals surface area contributed by atoms with Gasteiger partial charge in [-0.1, -0.05) is 97.1 Å². The summed E-state index contributed by atoms with van der Waals surface area (Å²) in [6, 6.07) is 40.8. The SMILES string of the molecule is CC(C)(C)OC(=O)C1=C(Nc2ccccc2)C[C@H](c2ccccc2)N(c2ccccc2)[C@H]1c1ccccc1. The minimum atomic E-state index is -0.628. The van der Waals surface area contributed by atoms with Crippen LogP contribution in [-0.4, -0.2) is 11.6 Å². The van der Waals surface area contributed by atoms with Crippen molar-refractivity contribution in [1.29, 1.82) is 0 Å². The van der Waals surface area contributed by atoms with Gasteiger partial charge in [0.1, 0.15) is 5.60 Å². The quantitative estimate of drug-likeness (QED) is 0.271. The Morgan fingerprint density at radius 1 is 0.737 bits per heavy atom. The molecule has 0 fully saturated rings. The molecule has 0 radical (unpaired) electrons. The van der Waals surface area contributed by atoms with Crippen molar-refractivity contribution in [1.82, 2.24) is 0 Å². The van der Waals surface area contributed by atoms with E-state index in [-0.39, 0.29) is 18.1 Å². The number of nitrogens with one attached hydrogen (secondary N) is 1. The summed E-state index contributed by atoms with van der Waals surface area (Å²) >= 11 is 0. The van der Waals surface area contributed by atoms with Gasteiger partial charge in [-0.2, -0.15) is 0 Å². The highest BCUT2D eigenvalue weighted by Crippen LogP contribution is 2.48. The number of hydrogen-bond acceptors (Lipinski definition) is 4. The van der Waals surface area contributed by atoms with E-state index in [1.807, 2.05) is 93.6 Å². The molecule has 0 saturated heterocycles. The number of ether oxygens (including phenoxy) is 1. The van der Waals surface area contributed by atoms with Crippen LogP contribution in [0.15, 0.2) is 133 Å². The van der Waals surface area contributed by atoms with Gasteiger partial charge in [0.05, 0.1) is 17.7 Å². The fourth-order valence-corrected chi connectivity index (χ4v) is 5.11. The van der Waals surface area contributed by atoms with Gasteiger partial charge in [0.2, 0.25) is 0 Å². The van der Waals surface area contributed by atoms with Crippen molar-refractivity contribution in [3.8, 4) is 0 Å². The average molecular weight is 503 g/mol. The van der Waals surface area contributed by atoms with E-state index < -0.39 is 5.60 Å². The van der Waals surface area contributed by atoms with Gasteiger partial charge in [0, 0.05) is 23.5 Å². The van der Waals surface area contributed by atoms with Crippen LogP contribution in [0.3, 0.4) is 0 Å². The summed E-state index contributed by atoms with van der Waals surface area (Å²) in [6.45, 7) is 5.74. The molecule has 0 spiro atoms. The summed E-state index contributed by atoms with van der Waals surface area (Å²) in [5.41, 5.74) is 5.09. The average Bonchev–Trinajstić information content (AvgIpc) is 2.93. The number of para-hydroxylation sites is 2. The third kappa shape index (κ3) is 5.65. The Labute approximate surface area is 225 Å². The first-order valence-electron chi connectivity index (χ1n) is 13.1. The van der Waals surface area contributed by atoms with E-state index in [0.29, 0.717) is 12.0 Å². The normalized spacial score (nSPS) is 17.7. The first-order chi connectivity index (χ1) is 18.4. The van der Waals surface area contributed by atoms with Gasteiger partial charge in [0.15, 0.2) is 0 Å². The van der Waals surface area contributed by atoms with Crippen molar-refractivity contribution in [3.05, 3.63) is 144 Å². The predicted molar refractivity (Wildman–Crippen MR) is 155 cm³/mol. The molecule has 4 nitrogen and oxygen atoms in total. The van der Waals surface area contributed by atoms with Crippen LogP contribution in [0.5, 0.6) is 0 Å². The number of hydrogen-bond donors (Lipinski definition) is 1. The fourth-order valence-electron chi connectivity index (χ4n) is 5.11. The minimum Gasteiger partial charge on any atom is -0.456 e. The molecule has 0 aromatic heterocycles. The van der Waals surface area contributed by atoms with Crippen LogP contribution in [0.2, 0.25) is 0 Å². The lowest BCUT2D eigenvalue weighted by atomic mass is 9.84. The molecule has 0 saturated carbocycles. The van der Waals surface area contributed by atoms with Crippen LogP contribution >= 0.6 is 0 Å². The molecule has 0 unspecified atom stereocenters. The van der Waals surface area contributed by atoms with Crippen molar-refractivity contribution in [2.45, 2.75) is 44.9 Å². The maximum atomic E-state index is 14.1. The van der Waals surface area contributed by atoms with E-state index >= 15 is 0 Å². The molecule has 38 heavy (non-hydrogen) atoms. The number of anilines is 2. The van der Waals surface area contributed by atoms with Gasteiger partial charge in [-0.25, -0.2) is 4.79 Å². The molecule has 192 valence electrons. The Kier molecular flexibility index (Phi) is 7.32. The van der Waals surface area contributed by atoms with Gasteiger partial charge >= 0.3 is 5.97 Å². The second-order valence-corrected chi connectivity index (χ2v) is 10.6. The zero-order valence-corrected chi connectivity index (χ0v) is 22.2. The molecule has 1 N–H and O–H groups in total. The molecule has 1 aliphatic rings. The zero-order chi connectivity index (χ0) is 26.5. The van der Waals surface area contributed by atoms with Crippen molar-refractivity contribution in [2.75, 3.05) is 10.2 Å². The number of esters is 1. The maximum Gasteiger partial charge on any atom is 0.338 e. The summed E-state index contributed by atoms with van der Waals surface area (Å²) in [4.78, 5) is 16.4. The summed E-state index contributed by atoms with van der Waals surface area (Å²) in [7, 11) is 0. The fraction of sp³-hybridized carbons (Fsp3) is 0.206. The Hall–Kier alpha value is -4.31. The first-order valence-corrected chi connectivity index (χ1v) is 13.1. The number of nitrogens with zero attached hydrogens (tertiary/aromatic N) is 1. The zero-order valence-electron chi connectivity index (χ0n) is 22.2. The van der Waals surface area contributed by atoms with E-state index in [9.17, 15) is 4.79 Å². The maximum absolute atomic E-state index is 14.1. The monoisotopic (exact) mass is 502 g/mol. The lowest BCUT2D eigenvalue weighted by Crippen LogP contribution is -2.42. The Morgan fingerprint density at radius 2 is 1.24 bits per heavy atom. The molecule has 1 aliphatic heterocycles. The van der Waals surface area contributed by atoms with E-state index in [4.69, 9.17) is 4.74 Å². The molecule has 4 aromatic rings. The van der Waals surface area contributed by atoms with Crippen LogP contribution in [-0.2, 0) is 9.53 Å². The third-order valence-corrected chi connectivity index (χ3v) is 6.65. The molecule has 0 bridgehead atoms. The summed E-state index contributed by atoms with van der Waals surface area (Å²) in [5.74, 6) is -0.308. The highest BCUT2D eigenvalue weighted by Gasteiger charge is 2.42. The second kappa shape index (κ2) is 11.0. The first kappa shape index (κ1) is 25.3. The molecule has 0 aliphatic carbocycles. The Morgan fingerprint density at radius 3 is 1.79 bits per heavy atom. The predicted octanol–water partition coefficient (Wildman–Crippen LogP) is 8.09. The highest BCUT2D eigenvalue weighted by molar-refractivity contribution is 5.93. The smallest absolute Gasteiger partial charge is 0.338 e. The van der Waals surface area contributed by atoms with E-state index in [1.54, 1.807) is 0 Å². The van der Waals surface area contributed by atoms with Crippen LogP contribution in [0, 0.1) is 0 Å². The van der Waals surface area contributed by atoms with Gasteiger partial charge in [-0.3, -0.25) is 0 Å². The molecule has 0 amide bonds. The van der Waals surface area contributed by atoms with Crippen molar-refractivity contribution in [3.63, 3.8) is 0 Å². The molecular formula is C34H34N2O2. The van der Waals surface area contributed by atoms with Crippen LogP contribution in [0.1, 0.15) is 50.4 Å². The van der Waals surface area contributed by atoms with Crippen molar-refractivity contribution >= 4 is 17.3 Å². The molecule has 4 aromatic carbocycles. The van der Waals surface area contributed by atoms with Gasteiger partial charge < -0.3 is 15.0 Å². The summed E-state index contributed by atoms with van der Waals surface area (Å²) in [5, 5.41) is 3.62. The number of carbonyl (C=O) groups is 1. The third-order valence-electron chi connectivity index (χ3n) is 6.65. The largest absolute Gasteiger partial charge is 0.456 e. The van der Waals surface area contributed by atoms with Crippen LogP contribution < -0.4 is 10.2 Å². The van der Waals surface area contributed by atoms with E-state index in [2.05, 4.69) is 58.7 Å². The highest BCUT2D eigenvalue weighted by atomic mass is 16.6. The Balaban J connectivity index is 1.77. The van der Waals surface area contributed by atoms with Crippen LogP contribution in [0.4, 0.5) is 11.4 Å². The van der Waals surface area contributed by atoms with Gasteiger partial charge in [-0.15, -0.1) is 0 Å². The lowest BCUT2D eigenvalue weighted by Gasteiger charge is -2.46. The number of rotatable bonds is 6. The molecule has 1 heterocycles. The van der Waals surface area contributed by atoms with Gasteiger partial charge in [-0.05, 0) is 56.2 Å². The number of benzene rings is 4. The van der Waals surface area contributed by atoms with E-state index in [1.165, 1.54) is 5.56 Å². The minimum absolute atomic E-state index is 0.0128. The summed E-state index contributed by atoms with van der Waals surface area (Å²) in [6.07, 6.45) is 0.617. The molecule has 5 rings (SSSR count). The van der Waals surface area contributed by atoms with Crippen molar-refractivity contribution in [2.24, 2.45) is 0 Å². The van der Waals surface area contributed by atoms with E-state index in [0.717, 1.165) is 22.6 Å². The molecule has 4 heteroatoms. The van der Waals surface area contributed by atoms with Crippen molar-refractivity contribution < 1.29 is 9.53 Å². The molecular weight excluding hydrogens is 468 g/mol. The standard InChI is InChI=1S/C34H34N2O2/c1-34(2,3)38-33(37)31-29(35-27-20-12-6-13-21-27)24-30(25-16-8-4-9-17-25)36(28-22-14-7-15-23-28)32(31)26-18-10-5-11-19-26/h4-23,30,32,35H,24H2,1-3H3/t30-,32+/m1/s1. The Bertz CT molecular complexity index is 1380. The van der Waals surface area contributed by atoms with Crippen LogP contribution in [0.25, 0.3) is 0 Å². The second-order valence-electron chi connectivity index (χ2n) is 10.6. The summed E-state index contributed by atoms with van der Waals surface area (Å²) < 4.78 is 6.06. The van der Waals surface area contributed by atoms with Gasteiger partial charge in [0.25, 0.3) is 0 Å². The lowest BCUT2D eigenvalue weighted by molar-refractivity contribution is -0.150. The topological polar surface area (TPSA) is 41.6 Å².